The average Bonchev–Trinajstić information content (AvgIpc) is 2.42. The molecule has 1 aromatic heterocycles. The summed E-state index contributed by atoms with van der Waals surface area (Å²) in [5.74, 6) is 0.689. The summed E-state index contributed by atoms with van der Waals surface area (Å²) in [5, 5.41) is 3.71. The Bertz CT molecular complexity index is 364. The highest BCUT2D eigenvalue weighted by atomic mass is 15.2. The fraction of sp³-hybridized carbons (Fsp3) is 0.688. The van der Waals surface area contributed by atoms with E-state index in [1.165, 1.54) is 18.5 Å². The zero-order valence-corrected chi connectivity index (χ0v) is 12.5. The number of nitrogens with one attached hydrogen (secondary N) is 1. The second kappa shape index (κ2) is 7.01. The van der Waals surface area contributed by atoms with Crippen molar-refractivity contribution in [2.24, 2.45) is 5.92 Å². The van der Waals surface area contributed by atoms with E-state index in [0.29, 0.717) is 18.0 Å². The summed E-state index contributed by atoms with van der Waals surface area (Å²) in [6.45, 7) is 10.1. The van der Waals surface area contributed by atoms with Crippen LogP contribution in [0.3, 0.4) is 0 Å². The summed E-state index contributed by atoms with van der Waals surface area (Å²) < 4.78 is 0. The molecule has 19 heavy (non-hydrogen) atoms. The Labute approximate surface area is 117 Å². The minimum absolute atomic E-state index is 0.608. The third-order valence-electron chi connectivity index (χ3n) is 4.08. The molecule has 2 atom stereocenters. The summed E-state index contributed by atoms with van der Waals surface area (Å²) >= 11 is 0. The Kier molecular flexibility index (Phi) is 5.34. The molecule has 0 aromatic carbocycles. The van der Waals surface area contributed by atoms with Crippen molar-refractivity contribution in [3.63, 3.8) is 0 Å². The molecule has 0 bridgehead atoms. The molecule has 0 amide bonds. The third kappa shape index (κ3) is 4.02. The van der Waals surface area contributed by atoms with Gasteiger partial charge in [-0.15, -0.1) is 0 Å². The molecule has 0 saturated carbocycles. The maximum atomic E-state index is 4.48. The first kappa shape index (κ1) is 14.5. The molecular formula is C16H27N3. The van der Waals surface area contributed by atoms with Crippen LogP contribution in [0.5, 0.6) is 0 Å². The highest BCUT2D eigenvalue weighted by molar-refractivity contribution is 5.04. The highest BCUT2D eigenvalue weighted by Gasteiger charge is 2.28. The first-order chi connectivity index (χ1) is 9.20. The number of hydrogen-bond acceptors (Lipinski definition) is 3. The molecule has 1 aliphatic heterocycles. The second-order valence-electron chi connectivity index (χ2n) is 5.95. The zero-order chi connectivity index (χ0) is 13.7. The van der Waals surface area contributed by atoms with Gasteiger partial charge in [0.1, 0.15) is 0 Å². The number of aromatic nitrogens is 1. The molecule has 2 heterocycles. The summed E-state index contributed by atoms with van der Waals surface area (Å²) in [6.07, 6.45) is 4.41. The van der Waals surface area contributed by atoms with E-state index >= 15 is 0 Å². The Hall–Kier alpha value is -0.930. The van der Waals surface area contributed by atoms with Crippen LogP contribution in [0.15, 0.2) is 24.4 Å². The van der Waals surface area contributed by atoms with Crippen LogP contribution in [0, 0.1) is 5.92 Å². The van der Waals surface area contributed by atoms with Crippen LogP contribution in [0.1, 0.15) is 39.3 Å². The van der Waals surface area contributed by atoms with Gasteiger partial charge in [-0.25, -0.2) is 0 Å². The predicted molar refractivity (Wildman–Crippen MR) is 80.0 cm³/mol. The van der Waals surface area contributed by atoms with Gasteiger partial charge in [-0.2, -0.15) is 0 Å². The molecule has 0 radical (unpaired) electrons. The van der Waals surface area contributed by atoms with Crippen LogP contribution in [-0.2, 0) is 6.54 Å². The van der Waals surface area contributed by atoms with Gasteiger partial charge in [0.15, 0.2) is 0 Å². The lowest BCUT2D eigenvalue weighted by atomic mass is 9.97. The van der Waals surface area contributed by atoms with E-state index in [1.54, 1.807) is 0 Å². The topological polar surface area (TPSA) is 28.2 Å². The molecule has 3 nitrogen and oxygen atoms in total. The van der Waals surface area contributed by atoms with Crippen molar-refractivity contribution in [3.8, 4) is 0 Å². The van der Waals surface area contributed by atoms with Crippen LogP contribution in [0.25, 0.3) is 0 Å². The molecule has 3 heteroatoms. The molecule has 1 aromatic rings. The number of pyridine rings is 1. The molecule has 2 rings (SSSR count). The van der Waals surface area contributed by atoms with Crippen LogP contribution < -0.4 is 5.32 Å². The van der Waals surface area contributed by atoms with Crippen molar-refractivity contribution in [1.82, 2.24) is 15.2 Å². The highest BCUT2D eigenvalue weighted by Crippen LogP contribution is 2.18. The van der Waals surface area contributed by atoms with E-state index in [1.807, 2.05) is 12.3 Å². The van der Waals surface area contributed by atoms with E-state index in [4.69, 9.17) is 0 Å². The average molecular weight is 261 g/mol. The van der Waals surface area contributed by atoms with Crippen molar-refractivity contribution in [1.29, 1.82) is 0 Å². The van der Waals surface area contributed by atoms with Gasteiger partial charge in [0.2, 0.25) is 0 Å². The van der Waals surface area contributed by atoms with Crippen LogP contribution in [0.4, 0.5) is 0 Å². The second-order valence-corrected chi connectivity index (χ2v) is 5.95. The zero-order valence-electron chi connectivity index (χ0n) is 12.5. The predicted octanol–water partition coefficient (Wildman–Crippen LogP) is 2.68. The van der Waals surface area contributed by atoms with E-state index in [-0.39, 0.29) is 0 Å². The largest absolute Gasteiger partial charge is 0.311 e. The minimum atomic E-state index is 0.608. The molecule has 1 aliphatic rings. The third-order valence-corrected chi connectivity index (χ3v) is 4.08. The Morgan fingerprint density at radius 2 is 2.26 bits per heavy atom. The number of piperazine rings is 1. The van der Waals surface area contributed by atoms with Gasteiger partial charge in [-0.1, -0.05) is 33.3 Å². The van der Waals surface area contributed by atoms with Crippen LogP contribution >= 0.6 is 0 Å². The smallest absolute Gasteiger partial charge is 0.0544 e. The Morgan fingerprint density at radius 1 is 1.42 bits per heavy atom. The fourth-order valence-corrected chi connectivity index (χ4v) is 2.84. The summed E-state index contributed by atoms with van der Waals surface area (Å²) in [6, 6.07) is 7.47. The van der Waals surface area contributed by atoms with Crippen molar-refractivity contribution in [2.75, 3.05) is 13.1 Å². The summed E-state index contributed by atoms with van der Waals surface area (Å²) in [5.41, 5.74) is 1.19. The summed E-state index contributed by atoms with van der Waals surface area (Å²) in [4.78, 5) is 7.09. The molecule has 106 valence electrons. The molecule has 2 unspecified atom stereocenters. The first-order valence-corrected chi connectivity index (χ1v) is 7.58. The van der Waals surface area contributed by atoms with Crippen molar-refractivity contribution < 1.29 is 0 Å². The Balaban J connectivity index is 2.03. The molecular weight excluding hydrogens is 234 g/mol. The first-order valence-electron chi connectivity index (χ1n) is 7.58. The van der Waals surface area contributed by atoms with Crippen molar-refractivity contribution >= 4 is 0 Å². The fourth-order valence-electron chi connectivity index (χ4n) is 2.84. The summed E-state index contributed by atoms with van der Waals surface area (Å²) in [7, 11) is 0. The van der Waals surface area contributed by atoms with Gasteiger partial charge in [-0.05, 0) is 24.5 Å². The molecule has 1 N–H and O–H groups in total. The van der Waals surface area contributed by atoms with Crippen molar-refractivity contribution in [3.05, 3.63) is 30.1 Å². The lowest BCUT2D eigenvalue weighted by Crippen LogP contribution is -2.57. The van der Waals surface area contributed by atoms with E-state index < -0.39 is 0 Å². The molecule has 1 fully saturated rings. The van der Waals surface area contributed by atoms with Gasteiger partial charge in [0.25, 0.3) is 0 Å². The van der Waals surface area contributed by atoms with E-state index in [0.717, 1.165) is 19.6 Å². The Morgan fingerprint density at radius 3 is 2.89 bits per heavy atom. The molecule has 1 saturated heterocycles. The monoisotopic (exact) mass is 261 g/mol. The molecule has 0 spiro atoms. The SMILES string of the molecule is CCCC1CNC(C(C)C)CN1Cc1ccccn1. The maximum Gasteiger partial charge on any atom is 0.0544 e. The van der Waals surface area contributed by atoms with Gasteiger partial charge in [0.05, 0.1) is 5.69 Å². The van der Waals surface area contributed by atoms with Gasteiger partial charge >= 0.3 is 0 Å². The minimum Gasteiger partial charge on any atom is -0.311 e. The maximum absolute atomic E-state index is 4.48. The number of nitrogens with zero attached hydrogens (tertiary/aromatic N) is 2. The normalized spacial score (nSPS) is 24.8. The van der Waals surface area contributed by atoms with Crippen molar-refractivity contribution in [2.45, 2.75) is 52.2 Å². The van der Waals surface area contributed by atoms with Gasteiger partial charge in [0, 0.05) is 37.9 Å². The lowest BCUT2D eigenvalue weighted by molar-refractivity contribution is 0.0985. The quantitative estimate of drug-likeness (QED) is 0.883. The van der Waals surface area contributed by atoms with E-state index in [2.05, 4.69) is 48.1 Å². The van der Waals surface area contributed by atoms with Gasteiger partial charge < -0.3 is 5.32 Å². The van der Waals surface area contributed by atoms with Crippen LogP contribution in [0.2, 0.25) is 0 Å². The number of hydrogen-bond donors (Lipinski definition) is 1. The van der Waals surface area contributed by atoms with E-state index in [9.17, 15) is 0 Å². The molecule has 0 aliphatic carbocycles. The standard InChI is InChI=1S/C16H27N3/c1-4-7-15-10-18-16(13(2)3)12-19(15)11-14-8-5-6-9-17-14/h5-6,8-9,13,15-16,18H,4,7,10-12H2,1-3H3. The number of rotatable bonds is 5. The van der Waals surface area contributed by atoms with Gasteiger partial charge in [-0.3, -0.25) is 9.88 Å². The van der Waals surface area contributed by atoms with Crippen LogP contribution in [-0.4, -0.2) is 35.1 Å². The lowest BCUT2D eigenvalue weighted by Gasteiger charge is -2.41.